The number of carbonyl (C=O) groups is 2. The number of thiocarbonyl (C=S) groups is 1. The summed E-state index contributed by atoms with van der Waals surface area (Å²) in [5, 5.41) is 5.56. The normalized spacial score (nSPS) is 11.3. The molecule has 1 aromatic heterocycles. The van der Waals surface area contributed by atoms with Crippen molar-refractivity contribution in [2.24, 2.45) is 0 Å². The first kappa shape index (κ1) is 16.9. The molecular formula is C12H18N4O4S. The summed E-state index contributed by atoms with van der Waals surface area (Å²) in [5.74, 6) is -0.774. The van der Waals surface area contributed by atoms with E-state index in [-0.39, 0.29) is 23.5 Å². The Labute approximate surface area is 127 Å². The van der Waals surface area contributed by atoms with Crippen LogP contribution in [0.5, 0.6) is 0 Å². The van der Waals surface area contributed by atoms with Gasteiger partial charge in [-0.2, -0.15) is 0 Å². The van der Waals surface area contributed by atoms with E-state index in [0.29, 0.717) is 6.61 Å². The molecule has 8 nitrogen and oxygen atoms in total. The molecule has 0 bridgehead atoms. The molecule has 0 radical (unpaired) electrons. The maximum Gasteiger partial charge on any atom is 0.287 e. The zero-order valence-corrected chi connectivity index (χ0v) is 12.6. The lowest BCUT2D eigenvalue weighted by molar-refractivity contribution is -0.120. The van der Waals surface area contributed by atoms with E-state index in [9.17, 15) is 9.59 Å². The quantitative estimate of drug-likeness (QED) is 0.416. The summed E-state index contributed by atoms with van der Waals surface area (Å²) in [7, 11) is 1.58. The highest BCUT2D eigenvalue weighted by Gasteiger charge is 2.10. The monoisotopic (exact) mass is 314 g/mol. The van der Waals surface area contributed by atoms with Crippen LogP contribution < -0.4 is 21.5 Å². The van der Waals surface area contributed by atoms with E-state index in [2.05, 4.69) is 21.5 Å². The molecule has 0 aromatic carbocycles. The predicted octanol–water partition coefficient (Wildman–Crippen LogP) is -0.460. The highest BCUT2D eigenvalue weighted by atomic mass is 32.1. The van der Waals surface area contributed by atoms with Crippen molar-refractivity contribution in [1.82, 2.24) is 21.5 Å². The molecule has 1 heterocycles. The van der Waals surface area contributed by atoms with Gasteiger partial charge in [0.25, 0.3) is 11.8 Å². The number of furan rings is 1. The first-order valence-corrected chi connectivity index (χ1v) is 6.59. The molecule has 0 spiro atoms. The molecule has 1 rings (SSSR count). The third-order valence-electron chi connectivity index (χ3n) is 2.26. The Morgan fingerprint density at radius 2 is 2.19 bits per heavy atom. The standard InChI is InChI=1S/C12H18N4O4S/c1-8(7-19-2)14-12(21)16-15-10(17)6-13-11(18)9-4-3-5-20-9/h3-5,8H,6-7H2,1-2H3,(H,13,18)(H,15,17)(H2,14,16,21)/t8-/m0/s1. The van der Waals surface area contributed by atoms with Gasteiger partial charge in [-0.05, 0) is 31.3 Å². The molecule has 0 aliphatic rings. The third-order valence-corrected chi connectivity index (χ3v) is 2.48. The molecule has 116 valence electrons. The fourth-order valence-electron chi connectivity index (χ4n) is 1.38. The Hall–Kier alpha value is -2.13. The van der Waals surface area contributed by atoms with Crippen molar-refractivity contribution in [2.45, 2.75) is 13.0 Å². The summed E-state index contributed by atoms with van der Waals surface area (Å²) in [6, 6.07) is 3.09. The molecule has 1 aromatic rings. The largest absolute Gasteiger partial charge is 0.459 e. The van der Waals surface area contributed by atoms with Gasteiger partial charge in [-0.1, -0.05) is 0 Å². The van der Waals surface area contributed by atoms with Crippen LogP contribution in [-0.2, 0) is 9.53 Å². The average Bonchev–Trinajstić information content (AvgIpc) is 2.97. The molecular weight excluding hydrogens is 296 g/mol. The van der Waals surface area contributed by atoms with Crippen molar-refractivity contribution in [3.05, 3.63) is 24.2 Å². The van der Waals surface area contributed by atoms with Gasteiger partial charge in [0.2, 0.25) is 0 Å². The summed E-state index contributed by atoms with van der Waals surface area (Å²) in [6.45, 7) is 2.15. The summed E-state index contributed by atoms with van der Waals surface area (Å²) in [4.78, 5) is 23.0. The summed E-state index contributed by atoms with van der Waals surface area (Å²) in [6.07, 6.45) is 1.38. The zero-order chi connectivity index (χ0) is 15.7. The smallest absolute Gasteiger partial charge is 0.287 e. The maximum absolute atomic E-state index is 11.5. The fraction of sp³-hybridized carbons (Fsp3) is 0.417. The lowest BCUT2D eigenvalue weighted by Crippen LogP contribution is -2.52. The number of rotatable bonds is 6. The number of methoxy groups -OCH3 is 1. The van der Waals surface area contributed by atoms with Crippen molar-refractivity contribution in [3.63, 3.8) is 0 Å². The van der Waals surface area contributed by atoms with Gasteiger partial charge in [-0.3, -0.25) is 20.4 Å². The Kier molecular flexibility index (Phi) is 7.19. The van der Waals surface area contributed by atoms with Gasteiger partial charge in [0.05, 0.1) is 19.4 Å². The maximum atomic E-state index is 11.5. The minimum absolute atomic E-state index is 0.00515. The lowest BCUT2D eigenvalue weighted by Gasteiger charge is -2.16. The number of hydrogen-bond acceptors (Lipinski definition) is 5. The highest BCUT2D eigenvalue weighted by molar-refractivity contribution is 7.80. The van der Waals surface area contributed by atoms with E-state index >= 15 is 0 Å². The van der Waals surface area contributed by atoms with Crippen LogP contribution in [-0.4, -0.2) is 43.2 Å². The van der Waals surface area contributed by atoms with E-state index in [4.69, 9.17) is 21.4 Å². The minimum atomic E-state index is -0.468. The second-order valence-electron chi connectivity index (χ2n) is 4.16. The highest BCUT2D eigenvalue weighted by Crippen LogP contribution is 1.98. The first-order chi connectivity index (χ1) is 10.0. The molecule has 0 aliphatic heterocycles. The molecule has 0 saturated carbocycles. The van der Waals surface area contributed by atoms with Crippen LogP contribution in [0.2, 0.25) is 0 Å². The topological polar surface area (TPSA) is 105 Å². The number of hydrogen-bond donors (Lipinski definition) is 4. The van der Waals surface area contributed by atoms with Crippen molar-refractivity contribution in [3.8, 4) is 0 Å². The van der Waals surface area contributed by atoms with Gasteiger partial charge in [-0.15, -0.1) is 0 Å². The van der Waals surface area contributed by atoms with Crippen LogP contribution in [0.15, 0.2) is 22.8 Å². The van der Waals surface area contributed by atoms with Crippen molar-refractivity contribution in [2.75, 3.05) is 20.3 Å². The van der Waals surface area contributed by atoms with Crippen LogP contribution in [0.4, 0.5) is 0 Å². The Bertz CT molecular complexity index is 478. The molecule has 0 saturated heterocycles. The van der Waals surface area contributed by atoms with Crippen molar-refractivity contribution in [1.29, 1.82) is 0 Å². The molecule has 2 amide bonds. The Balaban J connectivity index is 2.19. The van der Waals surface area contributed by atoms with Gasteiger partial charge in [-0.25, -0.2) is 0 Å². The lowest BCUT2D eigenvalue weighted by atomic mass is 10.4. The molecule has 0 unspecified atom stereocenters. The van der Waals surface area contributed by atoms with E-state index in [1.165, 1.54) is 12.3 Å². The number of carbonyl (C=O) groups excluding carboxylic acids is 2. The Morgan fingerprint density at radius 3 is 2.81 bits per heavy atom. The van der Waals surface area contributed by atoms with Crippen LogP contribution in [0.1, 0.15) is 17.5 Å². The second-order valence-corrected chi connectivity index (χ2v) is 4.57. The molecule has 1 atom stereocenters. The van der Waals surface area contributed by atoms with Gasteiger partial charge >= 0.3 is 0 Å². The summed E-state index contributed by atoms with van der Waals surface area (Å²) in [5.41, 5.74) is 4.87. The van der Waals surface area contributed by atoms with E-state index in [0.717, 1.165) is 0 Å². The molecule has 0 fully saturated rings. The van der Waals surface area contributed by atoms with Crippen LogP contribution in [0, 0.1) is 0 Å². The van der Waals surface area contributed by atoms with Crippen molar-refractivity contribution < 1.29 is 18.7 Å². The van der Waals surface area contributed by atoms with Crippen LogP contribution in [0.25, 0.3) is 0 Å². The summed E-state index contributed by atoms with van der Waals surface area (Å²) < 4.78 is 9.83. The SMILES string of the molecule is COC[C@H](C)NC(=S)NNC(=O)CNC(=O)c1ccco1. The summed E-state index contributed by atoms with van der Waals surface area (Å²) >= 11 is 4.97. The predicted molar refractivity (Wildman–Crippen MR) is 79.4 cm³/mol. The fourth-order valence-corrected chi connectivity index (χ4v) is 1.63. The average molecular weight is 314 g/mol. The van der Waals surface area contributed by atoms with Gasteiger partial charge in [0, 0.05) is 13.2 Å². The number of ether oxygens (including phenoxy) is 1. The molecule has 0 aliphatic carbocycles. The van der Waals surface area contributed by atoms with Gasteiger partial charge in [0.15, 0.2) is 10.9 Å². The zero-order valence-electron chi connectivity index (χ0n) is 11.8. The van der Waals surface area contributed by atoms with Crippen LogP contribution in [0.3, 0.4) is 0 Å². The second kappa shape index (κ2) is 8.93. The van der Waals surface area contributed by atoms with E-state index in [1.807, 2.05) is 6.92 Å². The van der Waals surface area contributed by atoms with E-state index < -0.39 is 11.8 Å². The van der Waals surface area contributed by atoms with E-state index in [1.54, 1.807) is 13.2 Å². The van der Waals surface area contributed by atoms with Crippen molar-refractivity contribution >= 4 is 29.1 Å². The van der Waals surface area contributed by atoms with Gasteiger partial charge < -0.3 is 19.8 Å². The minimum Gasteiger partial charge on any atom is -0.459 e. The Morgan fingerprint density at radius 1 is 1.43 bits per heavy atom. The number of nitrogens with one attached hydrogen (secondary N) is 4. The molecule has 21 heavy (non-hydrogen) atoms. The van der Waals surface area contributed by atoms with Crippen LogP contribution >= 0.6 is 12.2 Å². The molecule has 9 heteroatoms. The first-order valence-electron chi connectivity index (χ1n) is 6.19. The molecule has 4 N–H and O–H groups in total. The number of hydrazine groups is 1. The van der Waals surface area contributed by atoms with Gasteiger partial charge in [0.1, 0.15) is 0 Å². The third kappa shape index (κ3) is 6.72. The number of amides is 2.